The highest BCUT2D eigenvalue weighted by Crippen LogP contribution is 2.32. The Labute approximate surface area is 110 Å². The Bertz CT molecular complexity index is 329. The molecule has 1 aliphatic rings. The zero-order chi connectivity index (χ0) is 13.8. The average Bonchev–Trinajstić information content (AvgIpc) is 2.79. The van der Waals surface area contributed by atoms with E-state index in [2.05, 4.69) is 38.3 Å². The van der Waals surface area contributed by atoms with Gasteiger partial charge in [0.05, 0.1) is 26.0 Å². The quantitative estimate of drug-likeness (QED) is 0.879. The van der Waals surface area contributed by atoms with Crippen molar-refractivity contribution in [3.8, 4) is 0 Å². The normalized spacial score (nSPS) is 22.1. The molecule has 0 unspecified atom stereocenters. The molecule has 0 radical (unpaired) electrons. The summed E-state index contributed by atoms with van der Waals surface area (Å²) in [7, 11) is 1.50. The van der Waals surface area contributed by atoms with Crippen molar-refractivity contribution in [1.82, 2.24) is 4.90 Å². The molecule has 2 N–H and O–H groups in total. The highest BCUT2D eigenvalue weighted by molar-refractivity contribution is 5.03. The maximum absolute atomic E-state index is 5.68. The summed E-state index contributed by atoms with van der Waals surface area (Å²) in [6.45, 7) is 11.3. The van der Waals surface area contributed by atoms with E-state index < -0.39 is 0 Å². The van der Waals surface area contributed by atoms with E-state index in [1.54, 1.807) is 6.26 Å². The smallest absolute Gasteiger partial charge is 0.117 e. The number of hydrogen-bond acceptors (Lipinski definition) is 4. The van der Waals surface area contributed by atoms with Crippen molar-refractivity contribution in [3.63, 3.8) is 0 Å². The first-order valence-electron chi connectivity index (χ1n) is 6.37. The molecule has 1 saturated heterocycles. The Balaban J connectivity index is 0.000000771. The van der Waals surface area contributed by atoms with Gasteiger partial charge in [0.15, 0.2) is 0 Å². The Morgan fingerprint density at radius 2 is 1.72 bits per heavy atom. The van der Waals surface area contributed by atoms with E-state index in [0.29, 0.717) is 0 Å². The molecule has 0 amide bonds. The van der Waals surface area contributed by atoms with Gasteiger partial charge in [0.2, 0.25) is 0 Å². The van der Waals surface area contributed by atoms with E-state index in [4.69, 9.17) is 9.15 Å². The van der Waals surface area contributed by atoms with E-state index >= 15 is 0 Å². The molecule has 0 bridgehead atoms. The van der Waals surface area contributed by atoms with Crippen LogP contribution in [0.1, 0.15) is 33.5 Å². The van der Waals surface area contributed by atoms with Crippen LogP contribution in [0.4, 0.5) is 0 Å². The highest BCUT2D eigenvalue weighted by atomic mass is 16.5. The number of rotatable bonds is 2. The minimum absolute atomic E-state index is 0.0501. The van der Waals surface area contributed by atoms with Gasteiger partial charge >= 0.3 is 0 Å². The van der Waals surface area contributed by atoms with Crippen LogP contribution in [0.25, 0.3) is 0 Å². The van der Waals surface area contributed by atoms with Crippen LogP contribution in [0.3, 0.4) is 0 Å². The lowest BCUT2D eigenvalue weighted by Gasteiger charge is -2.52. The first-order valence-corrected chi connectivity index (χ1v) is 6.37. The molecule has 0 atom stereocenters. The second-order valence-electron chi connectivity index (χ2n) is 5.78. The molecule has 2 heterocycles. The number of nitrogens with two attached hydrogens (primary N) is 1. The van der Waals surface area contributed by atoms with Crippen molar-refractivity contribution < 1.29 is 9.15 Å². The van der Waals surface area contributed by atoms with E-state index in [-0.39, 0.29) is 11.1 Å². The molecule has 0 aliphatic carbocycles. The standard InChI is InChI=1S/C13H21NO2.CH5N/c1-12(2)9-15-10-13(3,4)14(12)8-11-6-5-7-16-11;1-2/h5-7H,8-10H2,1-4H3;2H2,1H3. The number of nitrogens with zero attached hydrogens (tertiary/aromatic N) is 1. The van der Waals surface area contributed by atoms with Gasteiger partial charge in [-0.25, -0.2) is 0 Å². The third kappa shape index (κ3) is 3.34. The van der Waals surface area contributed by atoms with Crippen molar-refractivity contribution >= 4 is 0 Å². The average molecular weight is 254 g/mol. The molecule has 4 heteroatoms. The molecule has 1 fully saturated rings. The maximum Gasteiger partial charge on any atom is 0.117 e. The van der Waals surface area contributed by atoms with Crippen LogP contribution in [0.15, 0.2) is 22.8 Å². The summed E-state index contributed by atoms with van der Waals surface area (Å²) in [5, 5.41) is 0. The van der Waals surface area contributed by atoms with Crippen LogP contribution < -0.4 is 5.73 Å². The summed E-state index contributed by atoms with van der Waals surface area (Å²) in [5.41, 5.74) is 4.60. The molecular formula is C14H26N2O2. The molecular weight excluding hydrogens is 228 g/mol. The minimum Gasteiger partial charge on any atom is -0.468 e. The van der Waals surface area contributed by atoms with Crippen molar-refractivity contribution in [2.75, 3.05) is 20.3 Å². The van der Waals surface area contributed by atoms with Gasteiger partial charge in [-0.05, 0) is 46.9 Å². The SMILES string of the molecule is CC1(C)COCC(C)(C)N1Cc1ccco1.CN. The summed E-state index contributed by atoms with van der Waals surface area (Å²) in [6.07, 6.45) is 1.73. The van der Waals surface area contributed by atoms with Gasteiger partial charge in [-0.15, -0.1) is 0 Å². The van der Waals surface area contributed by atoms with Gasteiger partial charge in [0.25, 0.3) is 0 Å². The fourth-order valence-corrected chi connectivity index (χ4v) is 2.51. The molecule has 0 aromatic carbocycles. The summed E-state index contributed by atoms with van der Waals surface area (Å²) in [5.74, 6) is 1.02. The predicted molar refractivity (Wildman–Crippen MR) is 73.3 cm³/mol. The Morgan fingerprint density at radius 3 is 2.17 bits per heavy atom. The zero-order valence-electron chi connectivity index (χ0n) is 12.2. The predicted octanol–water partition coefficient (Wildman–Crippen LogP) is 2.24. The summed E-state index contributed by atoms with van der Waals surface area (Å²) >= 11 is 0. The molecule has 1 aliphatic heterocycles. The molecule has 1 aromatic heterocycles. The fourth-order valence-electron chi connectivity index (χ4n) is 2.51. The zero-order valence-corrected chi connectivity index (χ0v) is 12.2. The first kappa shape index (κ1) is 15.2. The lowest BCUT2D eigenvalue weighted by molar-refractivity contribution is -0.133. The van der Waals surface area contributed by atoms with Crippen LogP contribution >= 0.6 is 0 Å². The van der Waals surface area contributed by atoms with E-state index in [1.165, 1.54) is 7.05 Å². The van der Waals surface area contributed by atoms with Crippen molar-refractivity contribution in [3.05, 3.63) is 24.2 Å². The van der Waals surface area contributed by atoms with E-state index in [0.717, 1.165) is 25.5 Å². The van der Waals surface area contributed by atoms with Gasteiger partial charge in [-0.3, -0.25) is 4.90 Å². The van der Waals surface area contributed by atoms with Crippen molar-refractivity contribution in [1.29, 1.82) is 0 Å². The highest BCUT2D eigenvalue weighted by Gasteiger charge is 2.42. The Hall–Kier alpha value is -0.840. The second-order valence-corrected chi connectivity index (χ2v) is 5.78. The lowest BCUT2D eigenvalue weighted by Crippen LogP contribution is -2.62. The van der Waals surface area contributed by atoms with Gasteiger partial charge < -0.3 is 14.9 Å². The molecule has 104 valence electrons. The largest absolute Gasteiger partial charge is 0.468 e. The van der Waals surface area contributed by atoms with Crippen LogP contribution in [0.2, 0.25) is 0 Å². The van der Waals surface area contributed by atoms with Gasteiger partial charge in [0.1, 0.15) is 5.76 Å². The van der Waals surface area contributed by atoms with Crippen molar-refractivity contribution in [2.45, 2.75) is 45.3 Å². The number of hydrogen-bond donors (Lipinski definition) is 1. The van der Waals surface area contributed by atoms with Crippen molar-refractivity contribution in [2.24, 2.45) is 5.73 Å². The van der Waals surface area contributed by atoms with Crippen LogP contribution in [-0.2, 0) is 11.3 Å². The van der Waals surface area contributed by atoms with E-state index in [1.807, 2.05) is 12.1 Å². The first-order chi connectivity index (χ1) is 8.42. The van der Waals surface area contributed by atoms with Crippen LogP contribution in [0.5, 0.6) is 0 Å². The molecule has 0 saturated carbocycles. The third-order valence-corrected chi connectivity index (χ3v) is 3.27. The fraction of sp³-hybridized carbons (Fsp3) is 0.714. The summed E-state index contributed by atoms with van der Waals surface area (Å²) in [4.78, 5) is 2.46. The molecule has 4 nitrogen and oxygen atoms in total. The monoisotopic (exact) mass is 254 g/mol. The Kier molecular flexibility index (Phi) is 4.96. The van der Waals surface area contributed by atoms with Crippen LogP contribution in [0, 0.1) is 0 Å². The number of ether oxygens (including phenoxy) is 1. The molecule has 0 spiro atoms. The van der Waals surface area contributed by atoms with Gasteiger partial charge in [-0.2, -0.15) is 0 Å². The van der Waals surface area contributed by atoms with Gasteiger partial charge in [-0.1, -0.05) is 0 Å². The summed E-state index contributed by atoms with van der Waals surface area (Å²) < 4.78 is 11.1. The lowest BCUT2D eigenvalue weighted by atomic mass is 9.91. The van der Waals surface area contributed by atoms with Gasteiger partial charge in [0, 0.05) is 11.1 Å². The van der Waals surface area contributed by atoms with Crippen LogP contribution in [-0.4, -0.2) is 36.2 Å². The molecule has 1 aromatic rings. The molecule has 2 rings (SSSR count). The number of morpholine rings is 1. The maximum atomic E-state index is 5.68. The van der Waals surface area contributed by atoms with E-state index in [9.17, 15) is 0 Å². The topological polar surface area (TPSA) is 51.6 Å². The second kappa shape index (κ2) is 5.87. The Morgan fingerprint density at radius 1 is 1.17 bits per heavy atom. The third-order valence-electron chi connectivity index (χ3n) is 3.27. The number of furan rings is 1. The summed E-state index contributed by atoms with van der Waals surface area (Å²) in [6, 6.07) is 3.97. The molecule has 18 heavy (non-hydrogen) atoms. The minimum atomic E-state index is 0.0501.